The lowest BCUT2D eigenvalue weighted by molar-refractivity contribution is -0.384. The number of nitrogens with one attached hydrogen (secondary N) is 1. The fourth-order valence-corrected chi connectivity index (χ4v) is 2.42. The number of nitro groups is 1. The van der Waals surface area contributed by atoms with Gasteiger partial charge in [-0.05, 0) is 24.1 Å². The number of hydrogen-bond acceptors (Lipinski definition) is 5. The third-order valence-corrected chi connectivity index (χ3v) is 3.88. The molecule has 0 spiro atoms. The van der Waals surface area contributed by atoms with E-state index in [2.05, 4.69) is 15.6 Å². The van der Waals surface area contributed by atoms with Crippen molar-refractivity contribution in [2.75, 3.05) is 0 Å². The molecule has 1 heterocycles. The van der Waals surface area contributed by atoms with E-state index in [1.807, 2.05) is 37.3 Å². The van der Waals surface area contributed by atoms with Crippen LogP contribution < -0.4 is 5.43 Å². The molecule has 0 aliphatic heterocycles. The highest BCUT2D eigenvalue weighted by Crippen LogP contribution is 2.12. The van der Waals surface area contributed by atoms with Crippen molar-refractivity contribution in [3.05, 3.63) is 93.8 Å². The van der Waals surface area contributed by atoms with Crippen LogP contribution in [0, 0.1) is 10.1 Å². The molecule has 0 aliphatic rings. The Morgan fingerprint density at radius 1 is 1.15 bits per heavy atom. The lowest BCUT2D eigenvalue weighted by Gasteiger charge is -2.02. The van der Waals surface area contributed by atoms with Gasteiger partial charge in [0.2, 0.25) is 0 Å². The fraction of sp³-hybridized carbons (Fsp3) is 0.105. The SMILES string of the molecule is C/C(=N/NC(=O)c1ccn(Cc2ccc([N+](=O)[O-])cc2)n1)c1ccccc1. The number of carbonyl (C=O) groups is 1. The van der Waals surface area contributed by atoms with E-state index in [4.69, 9.17) is 0 Å². The monoisotopic (exact) mass is 363 g/mol. The predicted molar refractivity (Wildman–Crippen MR) is 101 cm³/mol. The quantitative estimate of drug-likeness (QED) is 0.413. The Balaban J connectivity index is 1.63. The molecule has 0 bridgehead atoms. The molecule has 1 N–H and O–H groups in total. The number of benzene rings is 2. The number of aromatic nitrogens is 2. The van der Waals surface area contributed by atoms with Crippen molar-refractivity contribution in [3.63, 3.8) is 0 Å². The van der Waals surface area contributed by atoms with Gasteiger partial charge in [0.15, 0.2) is 5.69 Å². The van der Waals surface area contributed by atoms with Gasteiger partial charge in [-0.1, -0.05) is 42.5 Å². The zero-order valence-corrected chi connectivity index (χ0v) is 14.6. The summed E-state index contributed by atoms with van der Waals surface area (Å²) in [6, 6.07) is 17.3. The average Bonchev–Trinajstić information content (AvgIpc) is 3.15. The van der Waals surface area contributed by atoms with Crippen LogP contribution >= 0.6 is 0 Å². The summed E-state index contributed by atoms with van der Waals surface area (Å²) in [6.45, 7) is 2.21. The number of non-ortho nitro benzene ring substituents is 1. The molecule has 0 fully saturated rings. The van der Waals surface area contributed by atoms with Gasteiger partial charge in [-0.25, -0.2) is 5.43 Å². The van der Waals surface area contributed by atoms with Crippen molar-refractivity contribution in [2.24, 2.45) is 5.10 Å². The first-order valence-electron chi connectivity index (χ1n) is 8.20. The van der Waals surface area contributed by atoms with Crippen molar-refractivity contribution >= 4 is 17.3 Å². The van der Waals surface area contributed by atoms with Gasteiger partial charge in [0.1, 0.15) is 0 Å². The number of hydrogen-bond donors (Lipinski definition) is 1. The zero-order valence-electron chi connectivity index (χ0n) is 14.6. The highest BCUT2D eigenvalue weighted by molar-refractivity contribution is 6.00. The van der Waals surface area contributed by atoms with Crippen molar-refractivity contribution in [1.29, 1.82) is 0 Å². The molecule has 0 aliphatic carbocycles. The first-order valence-corrected chi connectivity index (χ1v) is 8.20. The highest BCUT2D eigenvalue weighted by Gasteiger charge is 2.10. The molecular formula is C19H17N5O3. The Kier molecular flexibility index (Phi) is 5.36. The van der Waals surface area contributed by atoms with E-state index < -0.39 is 10.8 Å². The first kappa shape index (κ1) is 18.0. The van der Waals surface area contributed by atoms with E-state index >= 15 is 0 Å². The van der Waals surface area contributed by atoms with Crippen LogP contribution in [-0.2, 0) is 6.54 Å². The number of nitrogens with zero attached hydrogens (tertiary/aromatic N) is 4. The molecular weight excluding hydrogens is 346 g/mol. The molecule has 8 heteroatoms. The summed E-state index contributed by atoms with van der Waals surface area (Å²) >= 11 is 0. The van der Waals surface area contributed by atoms with Crippen LogP contribution in [0.1, 0.15) is 28.5 Å². The molecule has 3 rings (SSSR count). The third-order valence-electron chi connectivity index (χ3n) is 3.88. The second kappa shape index (κ2) is 8.05. The summed E-state index contributed by atoms with van der Waals surface area (Å²) in [5.74, 6) is -0.410. The molecule has 1 amide bonds. The molecule has 0 radical (unpaired) electrons. The molecule has 27 heavy (non-hydrogen) atoms. The van der Waals surface area contributed by atoms with Crippen molar-refractivity contribution < 1.29 is 9.72 Å². The van der Waals surface area contributed by atoms with E-state index in [0.29, 0.717) is 12.3 Å². The van der Waals surface area contributed by atoms with Gasteiger partial charge in [-0.3, -0.25) is 19.6 Å². The fourth-order valence-electron chi connectivity index (χ4n) is 2.42. The first-order chi connectivity index (χ1) is 13.0. The maximum absolute atomic E-state index is 12.2. The van der Waals surface area contributed by atoms with Crippen LogP contribution in [0.15, 0.2) is 72.0 Å². The Labute approximate surface area is 155 Å². The number of nitro benzene ring substituents is 1. The minimum absolute atomic E-state index is 0.0333. The maximum atomic E-state index is 12.2. The number of amides is 1. The van der Waals surface area contributed by atoms with Gasteiger partial charge in [-0.2, -0.15) is 10.2 Å². The summed E-state index contributed by atoms with van der Waals surface area (Å²) < 4.78 is 1.59. The molecule has 0 saturated heterocycles. The normalized spacial score (nSPS) is 11.2. The van der Waals surface area contributed by atoms with Crippen molar-refractivity contribution in [1.82, 2.24) is 15.2 Å². The van der Waals surface area contributed by atoms with Crippen LogP contribution in [0.2, 0.25) is 0 Å². The molecule has 1 aromatic heterocycles. The minimum Gasteiger partial charge on any atom is -0.268 e. The van der Waals surface area contributed by atoms with Gasteiger partial charge in [0.05, 0.1) is 17.2 Å². The van der Waals surface area contributed by atoms with E-state index in [9.17, 15) is 14.9 Å². The predicted octanol–water partition coefficient (Wildman–Crippen LogP) is 2.99. The molecule has 2 aromatic carbocycles. The molecule has 0 unspecified atom stereocenters. The lowest BCUT2D eigenvalue weighted by atomic mass is 10.1. The summed E-state index contributed by atoms with van der Waals surface area (Å²) in [7, 11) is 0. The number of rotatable bonds is 6. The summed E-state index contributed by atoms with van der Waals surface area (Å²) in [5.41, 5.74) is 5.21. The van der Waals surface area contributed by atoms with E-state index in [-0.39, 0.29) is 11.4 Å². The van der Waals surface area contributed by atoms with Gasteiger partial charge >= 0.3 is 0 Å². The minimum atomic E-state index is -0.446. The average molecular weight is 363 g/mol. The lowest BCUT2D eigenvalue weighted by Crippen LogP contribution is -2.20. The smallest absolute Gasteiger partial charge is 0.268 e. The van der Waals surface area contributed by atoms with Gasteiger partial charge in [0, 0.05) is 18.3 Å². The zero-order chi connectivity index (χ0) is 19.2. The van der Waals surface area contributed by atoms with Gasteiger partial charge < -0.3 is 0 Å². The number of carbonyl (C=O) groups excluding carboxylic acids is 1. The second-order valence-corrected chi connectivity index (χ2v) is 5.83. The Hall–Kier alpha value is -3.81. The second-order valence-electron chi connectivity index (χ2n) is 5.83. The molecule has 0 saturated carbocycles. The molecule has 3 aromatic rings. The molecule has 0 atom stereocenters. The third kappa shape index (κ3) is 4.63. The maximum Gasteiger partial charge on any atom is 0.291 e. The molecule has 136 valence electrons. The van der Waals surface area contributed by atoms with Crippen molar-refractivity contribution in [2.45, 2.75) is 13.5 Å². The van der Waals surface area contributed by atoms with E-state index in [0.717, 1.165) is 11.1 Å². The highest BCUT2D eigenvalue weighted by atomic mass is 16.6. The number of hydrazone groups is 1. The Morgan fingerprint density at radius 3 is 2.52 bits per heavy atom. The van der Waals surface area contributed by atoms with Crippen LogP contribution in [0.3, 0.4) is 0 Å². The molecule has 8 nitrogen and oxygen atoms in total. The van der Waals surface area contributed by atoms with E-state index in [1.165, 1.54) is 12.1 Å². The summed E-state index contributed by atoms with van der Waals surface area (Å²) in [6.07, 6.45) is 1.67. The van der Waals surface area contributed by atoms with Crippen LogP contribution in [-0.4, -0.2) is 26.3 Å². The largest absolute Gasteiger partial charge is 0.291 e. The summed E-state index contributed by atoms with van der Waals surface area (Å²) in [4.78, 5) is 22.4. The Morgan fingerprint density at radius 2 is 1.85 bits per heavy atom. The van der Waals surface area contributed by atoms with E-state index in [1.54, 1.807) is 29.1 Å². The standard InChI is InChI=1S/C19H17N5O3/c1-14(16-5-3-2-4-6-16)20-21-19(25)18-11-12-23(22-18)13-15-7-9-17(10-8-15)24(26)27/h2-12H,13H2,1H3,(H,21,25)/b20-14-. The van der Waals surface area contributed by atoms with Gasteiger partial charge in [0.25, 0.3) is 11.6 Å². The van der Waals surface area contributed by atoms with Crippen LogP contribution in [0.5, 0.6) is 0 Å². The van der Waals surface area contributed by atoms with Crippen LogP contribution in [0.4, 0.5) is 5.69 Å². The van der Waals surface area contributed by atoms with Crippen molar-refractivity contribution in [3.8, 4) is 0 Å². The Bertz CT molecular complexity index is 978. The van der Waals surface area contributed by atoms with Crippen LogP contribution in [0.25, 0.3) is 0 Å². The van der Waals surface area contributed by atoms with Gasteiger partial charge in [-0.15, -0.1) is 0 Å². The topological polar surface area (TPSA) is 102 Å². The summed E-state index contributed by atoms with van der Waals surface area (Å²) in [5, 5.41) is 19.0.